The minimum atomic E-state index is -0.212. The number of nitrogens with one attached hydrogen (secondary N) is 2. The van der Waals surface area contributed by atoms with Crippen molar-refractivity contribution < 1.29 is 9.64 Å². The van der Waals surface area contributed by atoms with Crippen molar-refractivity contribution in [2.24, 2.45) is 0 Å². The Morgan fingerprint density at radius 1 is 1.16 bits per heavy atom. The number of pyridine rings is 1. The highest BCUT2D eigenvalue weighted by atomic mass is 16.5. The molecule has 0 spiro atoms. The summed E-state index contributed by atoms with van der Waals surface area (Å²) < 4.78 is 7.62. The second-order valence-corrected chi connectivity index (χ2v) is 9.00. The molecule has 2 aromatic heterocycles. The number of morpholine rings is 1. The van der Waals surface area contributed by atoms with Crippen LogP contribution in [0.2, 0.25) is 0 Å². The summed E-state index contributed by atoms with van der Waals surface area (Å²) in [5.41, 5.74) is 3.88. The smallest absolute Gasteiger partial charge is 0.258 e. The number of aryl methyl sites for hydroxylation is 2. The number of hydrogen-bond acceptors (Lipinski definition) is 5. The summed E-state index contributed by atoms with van der Waals surface area (Å²) in [6.07, 6.45) is 5.86. The van der Waals surface area contributed by atoms with Gasteiger partial charge in [0.05, 0.1) is 30.3 Å². The molecule has 5 rings (SSSR count). The molecular weight excluding hydrogens is 392 g/mol. The van der Waals surface area contributed by atoms with Crippen LogP contribution >= 0.6 is 0 Å². The van der Waals surface area contributed by atoms with Crippen LogP contribution in [0.4, 0.5) is 0 Å². The number of tetrazole rings is 1. The molecule has 1 atom stereocenters. The maximum absolute atomic E-state index is 13.4. The van der Waals surface area contributed by atoms with Crippen molar-refractivity contribution in [1.29, 1.82) is 0 Å². The number of ether oxygens (including phenoxy) is 1. The van der Waals surface area contributed by atoms with Crippen LogP contribution < -0.4 is 10.5 Å². The minimum Gasteiger partial charge on any atom is -0.370 e. The first-order valence-corrected chi connectivity index (χ1v) is 11.5. The number of aromatic amines is 1. The maximum atomic E-state index is 13.4. The fourth-order valence-electron chi connectivity index (χ4n) is 5.20. The highest BCUT2D eigenvalue weighted by Gasteiger charge is 2.36. The van der Waals surface area contributed by atoms with Gasteiger partial charge in [-0.2, -0.15) is 0 Å². The Hall–Kier alpha value is -2.58. The first kappa shape index (κ1) is 20.3. The van der Waals surface area contributed by atoms with Crippen molar-refractivity contribution in [3.8, 4) is 0 Å². The monoisotopic (exact) mass is 423 g/mol. The molecular formula is C23H31N6O2+. The van der Waals surface area contributed by atoms with Gasteiger partial charge in [0.2, 0.25) is 5.82 Å². The van der Waals surface area contributed by atoms with E-state index in [1.165, 1.54) is 29.7 Å². The quantitative estimate of drug-likeness (QED) is 0.666. The molecule has 3 aromatic rings. The van der Waals surface area contributed by atoms with Crippen LogP contribution in [0, 0.1) is 13.8 Å². The molecule has 1 saturated carbocycles. The average Bonchev–Trinajstić information content (AvgIpc) is 3.28. The average molecular weight is 424 g/mol. The molecule has 8 heteroatoms. The van der Waals surface area contributed by atoms with Crippen LogP contribution in [0.3, 0.4) is 0 Å². The third-order valence-electron chi connectivity index (χ3n) is 7.13. The Bertz CT molecular complexity index is 1120. The van der Waals surface area contributed by atoms with Gasteiger partial charge in [0.15, 0.2) is 6.04 Å². The molecule has 1 aromatic carbocycles. The summed E-state index contributed by atoms with van der Waals surface area (Å²) in [6, 6.07) is 6.35. The summed E-state index contributed by atoms with van der Waals surface area (Å²) in [4.78, 5) is 17.8. The van der Waals surface area contributed by atoms with E-state index in [9.17, 15) is 4.79 Å². The van der Waals surface area contributed by atoms with Gasteiger partial charge in [-0.25, -0.2) is 4.68 Å². The summed E-state index contributed by atoms with van der Waals surface area (Å²) in [7, 11) is 0. The van der Waals surface area contributed by atoms with Gasteiger partial charge in [0, 0.05) is 0 Å². The summed E-state index contributed by atoms with van der Waals surface area (Å²) in [5, 5.41) is 14.0. The molecule has 2 aliphatic rings. The second kappa shape index (κ2) is 8.51. The number of benzene rings is 1. The van der Waals surface area contributed by atoms with Crippen molar-refractivity contribution in [3.05, 3.63) is 51.1 Å². The van der Waals surface area contributed by atoms with Crippen molar-refractivity contribution in [3.63, 3.8) is 0 Å². The van der Waals surface area contributed by atoms with Gasteiger partial charge in [0.25, 0.3) is 5.56 Å². The van der Waals surface area contributed by atoms with Gasteiger partial charge in [-0.05, 0) is 59.7 Å². The molecule has 8 nitrogen and oxygen atoms in total. The molecule has 0 amide bonds. The van der Waals surface area contributed by atoms with Crippen LogP contribution in [-0.2, 0) is 4.74 Å². The molecule has 31 heavy (non-hydrogen) atoms. The van der Waals surface area contributed by atoms with Gasteiger partial charge in [-0.3, -0.25) is 4.79 Å². The molecule has 1 saturated heterocycles. The Morgan fingerprint density at radius 3 is 2.71 bits per heavy atom. The van der Waals surface area contributed by atoms with Crippen molar-refractivity contribution in [2.45, 2.75) is 58.0 Å². The Morgan fingerprint density at radius 2 is 1.94 bits per heavy atom. The van der Waals surface area contributed by atoms with Crippen LogP contribution in [0.15, 0.2) is 23.0 Å². The van der Waals surface area contributed by atoms with Crippen LogP contribution in [0.1, 0.15) is 66.7 Å². The summed E-state index contributed by atoms with van der Waals surface area (Å²) in [6.45, 7) is 7.14. The standard InChI is InChI=1S/C23H30N6O2/c1-15-8-9-17-14-19(23(30)24-20(17)16(15)2)21(28-10-12-31-13-11-28)22-25-26-27-29(22)18-6-4-3-5-7-18/h8-9,14,18,21H,3-7,10-13H2,1-2H3,(H,24,30)/p+1/t21-/m0/s1. The first-order chi connectivity index (χ1) is 15.1. The molecule has 3 heterocycles. The van der Waals surface area contributed by atoms with Gasteiger partial charge < -0.3 is 14.6 Å². The molecule has 2 fully saturated rings. The van der Waals surface area contributed by atoms with E-state index in [0.717, 1.165) is 53.8 Å². The SMILES string of the molecule is Cc1ccc2cc([C@@H](c3nnnn3C3CCCCC3)[NH+]3CCOCC3)c(=O)[nH]c2c1C. The van der Waals surface area contributed by atoms with E-state index in [1.54, 1.807) is 0 Å². The Balaban J connectivity index is 1.65. The van der Waals surface area contributed by atoms with Gasteiger partial charge >= 0.3 is 0 Å². The normalized spacial score (nSPS) is 19.7. The van der Waals surface area contributed by atoms with Crippen LogP contribution in [-0.4, -0.2) is 51.5 Å². The molecule has 2 N–H and O–H groups in total. The van der Waals surface area contributed by atoms with E-state index in [2.05, 4.69) is 46.5 Å². The number of quaternary nitrogens is 1. The number of fused-ring (bicyclic) bond motifs is 1. The maximum Gasteiger partial charge on any atom is 0.258 e. The Kier molecular flexibility index (Phi) is 5.58. The molecule has 0 bridgehead atoms. The fraction of sp³-hybridized carbons (Fsp3) is 0.565. The Labute approximate surface area is 181 Å². The van der Waals surface area contributed by atoms with E-state index in [0.29, 0.717) is 19.3 Å². The third-order valence-corrected chi connectivity index (χ3v) is 7.13. The van der Waals surface area contributed by atoms with Crippen molar-refractivity contribution in [1.82, 2.24) is 25.2 Å². The zero-order valence-corrected chi connectivity index (χ0v) is 18.4. The lowest BCUT2D eigenvalue weighted by Crippen LogP contribution is -3.14. The highest BCUT2D eigenvalue weighted by Crippen LogP contribution is 2.30. The summed E-state index contributed by atoms with van der Waals surface area (Å²) in [5.74, 6) is 0.803. The van der Waals surface area contributed by atoms with Crippen molar-refractivity contribution >= 4 is 10.9 Å². The first-order valence-electron chi connectivity index (χ1n) is 11.5. The number of nitrogens with zero attached hydrogens (tertiary/aromatic N) is 4. The van der Waals surface area contributed by atoms with Crippen molar-refractivity contribution in [2.75, 3.05) is 26.3 Å². The number of H-pyrrole nitrogens is 1. The zero-order valence-electron chi connectivity index (χ0n) is 18.4. The number of rotatable bonds is 4. The third kappa shape index (κ3) is 3.78. The van der Waals surface area contributed by atoms with Crippen LogP contribution in [0.25, 0.3) is 10.9 Å². The lowest BCUT2D eigenvalue weighted by Gasteiger charge is -2.32. The van der Waals surface area contributed by atoms with E-state index >= 15 is 0 Å². The van der Waals surface area contributed by atoms with Gasteiger partial charge in [0.1, 0.15) is 13.1 Å². The number of aromatic nitrogens is 5. The highest BCUT2D eigenvalue weighted by molar-refractivity contribution is 5.83. The minimum absolute atomic E-state index is 0.0524. The van der Waals surface area contributed by atoms with Crippen LogP contribution in [0.5, 0.6) is 0 Å². The van der Waals surface area contributed by atoms with E-state index in [4.69, 9.17) is 4.74 Å². The second-order valence-electron chi connectivity index (χ2n) is 9.00. The predicted molar refractivity (Wildman–Crippen MR) is 117 cm³/mol. The molecule has 1 aliphatic heterocycles. The van der Waals surface area contributed by atoms with E-state index in [1.807, 2.05) is 10.7 Å². The molecule has 1 aliphatic carbocycles. The van der Waals surface area contributed by atoms with Gasteiger partial charge in [-0.15, -0.1) is 5.10 Å². The van der Waals surface area contributed by atoms with Gasteiger partial charge in [-0.1, -0.05) is 31.4 Å². The van der Waals surface area contributed by atoms with E-state index < -0.39 is 0 Å². The lowest BCUT2D eigenvalue weighted by molar-refractivity contribution is -0.933. The predicted octanol–water partition coefficient (Wildman–Crippen LogP) is 1.64. The topological polar surface area (TPSA) is 90.1 Å². The molecule has 0 radical (unpaired) electrons. The lowest BCUT2D eigenvalue weighted by atomic mass is 9.95. The fourth-order valence-corrected chi connectivity index (χ4v) is 5.20. The molecule has 164 valence electrons. The van der Waals surface area contributed by atoms with E-state index in [-0.39, 0.29) is 11.6 Å². The number of hydrogen-bond donors (Lipinski definition) is 2. The summed E-state index contributed by atoms with van der Waals surface area (Å²) >= 11 is 0. The largest absolute Gasteiger partial charge is 0.370 e. The zero-order chi connectivity index (χ0) is 21.4. The molecule has 0 unspecified atom stereocenters.